The summed E-state index contributed by atoms with van der Waals surface area (Å²) in [6, 6.07) is 28.7. The van der Waals surface area contributed by atoms with E-state index in [4.69, 9.17) is 0 Å². The Labute approximate surface area is 129 Å². The van der Waals surface area contributed by atoms with Gasteiger partial charge in [-0.15, -0.1) is 0 Å². The number of nitrogens with one attached hydrogen (secondary N) is 2. The Morgan fingerprint density at radius 3 is 1.86 bits per heavy atom. The Hall–Kier alpha value is -2.39. The number of hydrogen-bond donors (Lipinski definition) is 2. The lowest BCUT2D eigenvalue weighted by atomic mass is 10.2. The van der Waals surface area contributed by atoms with Crippen LogP contribution in [0.3, 0.4) is 0 Å². The fraction of sp³-hybridized carbons (Fsp3) is 0. The van der Waals surface area contributed by atoms with Gasteiger partial charge in [0.1, 0.15) is 0 Å². The van der Waals surface area contributed by atoms with Crippen LogP contribution in [-0.4, -0.2) is 0 Å². The Balaban J connectivity index is 1.73. The third-order valence-corrected chi connectivity index (χ3v) is 3.83. The van der Waals surface area contributed by atoms with E-state index in [0.29, 0.717) is 0 Å². The molecule has 0 aliphatic heterocycles. The predicted molar refractivity (Wildman–Crippen MR) is 92.1 cm³/mol. The first-order valence-electron chi connectivity index (χ1n) is 6.81. The zero-order chi connectivity index (χ0) is 14.3. The van der Waals surface area contributed by atoms with Crippen molar-refractivity contribution in [3.8, 4) is 0 Å². The smallest absolute Gasteiger partial charge is 0.0681 e. The minimum Gasteiger partial charge on any atom is -0.354 e. The summed E-state index contributed by atoms with van der Waals surface area (Å²) < 4.78 is 3.40. The van der Waals surface area contributed by atoms with E-state index in [9.17, 15) is 0 Å². The molecule has 3 aromatic carbocycles. The van der Waals surface area contributed by atoms with Crippen LogP contribution in [0.25, 0.3) is 0 Å². The third kappa shape index (κ3) is 3.80. The minimum atomic E-state index is 1.06. The van der Waals surface area contributed by atoms with Crippen molar-refractivity contribution in [2.75, 3.05) is 10.0 Å². The lowest BCUT2D eigenvalue weighted by Crippen LogP contribution is -1.95. The standard InChI is InChI=1S/C18H16N2S/c1-3-9-15(10-4-1)19-17-13-7-8-14-18(17)20-21-16-11-5-2-6-12-16/h1-14,19-20H. The fourth-order valence-electron chi connectivity index (χ4n) is 1.96. The quantitative estimate of drug-likeness (QED) is 0.603. The van der Waals surface area contributed by atoms with Gasteiger partial charge < -0.3 is 10.0 Å². The van der Waals surface area contributed by atoms with Crippen molar-refractivity contribution in [1.29, 1.82) is 0 Å². The van der Waals surface area contributed by atoms with Gasteiger partial charge in [-0.1, -0.05) is 48.5 Å². The molecule has 3 heteroatoms. The first kappa shape index (κ1) is 13.6. The molecule has 104 valence electrons. The van der Waals surface area contributed by atoms with Gasteiger partial charge in [-0.3, -0.25) is 0 Å². The van der Waals surface area contributed by atoms with Crippen LogP contribution in [-0.2, 0) is 0 Å². The van der Waals surface area contributed by atoms with Crippen molar-refractivity contribution in [1.82, 2.24) is 0 Å². The van der Waals surface area contributed by atoms with Crippen LogP contribution in [0, 0.1) is 0 Å². The Kier molecular flexibility index (Phi) is 4.44. The Morgan fingerprint density at radius 2 is 1.14 bits per heavy atom. The van der Waals surface area contributed by atoms with Crippen LogP contribution in [0.2, 0.25) is 0 Å². The summed E-state index contributed by atoms with van der Waals surface area (Å²) in [5.74, 6) is 0. The van der Waals surface area contributed by atoms with Gasteiger partial charge in [0.25, 0.3) is 0 Å². The normalized spacial score (nSPS) is 10.1. The topological polar surface area (TPSA) is 24.1 Å². The van der Waals surface area contributed by atoms with Gasteiger partial charge in [0.15, 0.2) is 0 Å². The van der Waals surface area contributed by atoms with Crippen molar-refractivity contribution in [3.63, 3.8) is 0 Å². The number of benzene rings is 3. The zero-order valence-electron chi connectivity index (χ0n) is 11.5. The van der Waals surface area contributed by atoms with Gasteiger partial charge in [0.2, 0.25) is 0 Å². The molecule has 0 amide bonds. The van der Waals surface area contributed by atoms with Crippen molar-refractivity contribution in [2.24, 2.45) is 0 Å². The molecule has 2 nitrogen and oxygen atoms in total. The van der Waals surface area contributed by atoms with Gasteiger partial charge in [-0.05, 0) is 48.3 Å². The molecule has 0 bridgehead atoms. The molecule has 21 heavy (non-hydrogen) atoms. The highest BCUT2D eigenvalue weighted by molar-refractivity contribution is 8.00. The molecule has 0 spiro atoms. The minimum absolute atomic E-state index is 1.06. The molecule has 2 N–H and O–H groups in total. The molecule has 0 saturated heterocycles. The van der Waals surface area contributed by atoms with Gasteiger partial charge in [-0.25, -0.2) is 0 Å². The van der Waals surface area contributed by atoms with Gasteiger partial charge in [-0.2, -0.15) is 0 Å². The van der Waals surface area contributed by atoms with E-state index in [-0.39, 0.29) is 0 Å². The van der Waals surface area contributed by atoms with Crippen LogP contribution in [0.4, 0.5) is 17.1 Å². The van der Waals surface area contributed by atoms with E-state index in [1.165, 1.54) is 4.90 Å². The van der Waals surface area contributed by atoms with Crippen LogP contribution < -0.4 is 10.0 Å². The van der Waals surface area contributed by atoms with E-state index in [1.54, 1.807) is 11.9 Å². The molecule has 0 unspecified atom stereocenters. The van der Waals surface area contributed by atoms with E-state index < -0.39 is 0 Å². The summed E-state index contributed by atoms with van der Waals surface area (Å²) in [4.78, 5) is 1.19. The highest BCUT2D eigenvalue weighted by atomic mass is 32.2. The maximum absolute atomic E-state index is 3.43. The molecule has 3 aromatic rings. The number of anilines is 3. The van der Waals surface area contributed by atoms with E-state index in [0.717, 1.165) is 17.1 Å². The van der Waals surface area contributed by atoms with Crippen molar-refractivity contribution in [2.45, 2.75) is 4.90 Å². The van der Waals surface area contributed by atoms with Gasteiger partial charge >= 0.3 is 0 Å². The second-order valence-electron chi connectivity index (χ2n) is 4.55. The highest BCUT2D eigenvalue weighted by Crippen LogP contribution is 2.29. The Morgan fingerprint density at radius 1 is 0.571 bits per heavy atom. The van der Waals surface area contributed by atoms with Crippen LogP contribution in [0.5, 0.6) is 0 Å². The van der Waals surface area contributed by atoms with E-state index in [2.05, 4.69) is 46.4 Å². The lowest BCUT2D eigenvalue weighted by molar-refractivity contribution is 1.46. The van der Waals surface area contributed by atoms with Crippen LogP contribution in [0.1, 0.15) is 0 Å². The molecule has 0 aliphatic rings. The molecule has 3 rings (SSSR count). The van der Waals surface area contributed by atoms with E-state index in [1.807, 2.05) is 48.5 Å². The Bertz CT molecular complexity index is 684. The van der Waals surface area contributed by atoms with Crippen LogP contribution >= 0.6 is 11.9 Å². The molecule has 0 heterocycles. The number of hydrogen-bond acceptors (Lipinski definition) is 3. The van der Waals surface area contributed by atoms with E-state index >= 15 is 0 Å². The highest BCUT2D eigenvalue weighted by Gasteiger charge is 2.02. The summed E-state index contributed by atoms with van der Waals surface area (Å²) in [5.41, 5.74) is 3.21. The summed E-state index contributed by atoms with van der Waals surface area (Å²) in [6.07, 6.45) is 0. The zero-order valence-corrected chi connectivity index (χ0v) is 12.3. The molecule has 0 aliphatic carbocycles. The average molecular weight is 292 g/mol. The summed E-state index contributed by atoms with van der Waals surface area (Å²) >= 11 is 1.61. The van der Waals surface area contributed by atoms with Gasteiger partial charge in [0.05, 0.1) is 11.4 Å². The number of rotatable bonds is 5. The largest absolute Gasteiger partial charge is 0.354 e. The van der Waals surface area contributed by atoms with Gasteiger partial charge in [0, 0.05) is 10.6 Å². The number of para-hydroxylation sites is 3. The molecule has 0 aromatic heterocycles. The molecule has 0 saturated carbocycles. The van der Waals surface area contributed by atoms with Crippen molar-refractivity contribution < 1.29 is 0 Å². The molecular formula is C18H16N2S. The fourth-order valence-corrected chi connectivity index (χ4v) is 2.66. The first-order chi connectivity index (χ1) is 10.4. The SMILES string of the molecule is c1ccc(Nc2ccccc2NSc2ccccc2)cc1. The molecule has 0 fully saturated rings. The predicted octanol–water partition coefficient (Wildman–Crippen LogP) is 5.55. The van der Waals surface area contributed by atoms with Crippen molar-refractivity contribution in [3.05, 3.63) is 84.9 Å². The summed E-state index contributed by atoms with van der Waals surface area (Å²) in [7, 11) is 0. The maximum Gasteiger partial charge on any atom is 0.0681 e. The molecular weight excluding hydrogens is 276 g/mol. The van der Waals surface area contributed by atoms with Crippen molar-refractivity contribution >= 4 is 29.0 Å². The first-order valence-corrected chi connectivity index (χ1v) is 7.62. The molecule has 0 atom stereocenters. The maximum atomic E-state index is 3.43. The average Bonchev–Trinajstić information content (AvgIpc) is 2.56. The summed E-state index contributed by atoms with van der Waals surface area (Å²) in [5, 5.41) is 3.43. The monoisotopic (exact) mass is 292 g/mol. The third-order valence-electron chi connectivity index (χ3n) is 3.00. The summed E-state index contributed by atoms with van der Waals surface area (Å²) in [6.45, 7) is 0. The lowest BCUT2D eigenvalue weighted by Gasteiger charge is -2.13. The molecule has 0 radical (unpaired) electrons. The second kappa shape index (κ2) is 6.86. The second-order valence-corrected chi connectivity index (χ2v) is 5.43. The van der Waals surface area contributed by atoms with Crippen LogP contribution in [0.15, 0.2) is 89.8 Å².